The quantitative estimate of drug-likeness (QED) is 0.712. The van der Waals surface area contributed by atoms with Gasteiger partial charge in [-0.25, -0.2) is 8.78 Å². The highest BCUT2D eigenvalue weighted by molar-refractivity contribution is 6.31. The zero-order valence-electron chi connectivity index (χ0n) is 6.28. The molecule has 1 rings (SSSR count). The van der Waals surface area contributed by atoms with E-state index < -0.39 is 11.6 Å². The van der Waals surface area contributed by atoms with Crippen LogP contribution in [0.2, 0.25) is 5.02 Å². The Hall–Kier alpha value is -0.670. The molecule has 0 fully saturated rings. The van der Waals surface area contributed by atoms with Crippen molar-refractivity contribution >= 4 is 11.6 Å². The fourth-order valence-corrected chi connectivity index (χ4v) is 1.15. The fraction of sp³-hybridized carbons (Fsp3) is 0.250. The Balaban J connectivity index is 3.09. The maximum atomic E-state index is 12.8. The van der Waals surface area contributed by atoms with E-state index in [0.717, 1.165) is 6.07 Å². The van der Waals surface area contributed by atoms with Gasteiger partial charge in [-0.05, 0) is 24.6 Å². The molecule has 0 saturated heterocycles. The zero-order valence-corrected chi connectivity index (χ0v) is 7.04. The van der Waals surface area contributed by atoms with Crippen LogP contribution in [0.1, 0.15) is 5.56 Å². The Morgan fingerprint density at radius 1 is 1.33 bits per heavy atom. The molecule has 66 valence electrons. The monoisotopic (exact) mass is 191 g/mol. The number of halogens is 3. The largest absolute Gasteiger partial charge is 0.330 e. The molecule has 0 radical (unpaired) electrons. The second-order valence-electron chi connectivity index (χ2n) is 2.40. The van der Waals surface area contributed by atoms with Crippen LogP contribution in [0.15, 0.2) is 12.1 Å². The molecule has 0 unspecified atom stereocenters. The minimum atomic E-state index is -0.736. The SMILES string of the molecule is NCCc1cc(F)cc(F)c1Cl. The molecular weight excluding hydrogens is 184 g/mol. The van der Waals surface area contributed by atoms with E-state index in [1.165, 1.54) is 6.07 Å². The molecule has 2 N–H and O–H groups in total. The minimum absolute atomic E-state index is 0.0400. The molecule has 0 aromatic heterocycles. The highest BCUT2D eigenvalue weighted by Gasteiger charge is 2.07. The average Bonchev–Trinajstić information content (AvgIpc) is 2.00. The van der Waals surface area contributed by atoms with Crippen molar-refractivity contribution < 1.29 is 8.78 Å². The van der Waals surface area contributed by atoms with Gasteiger partial charge in [0.15, 0.2) is 0 Å². The molecular formula is C8H8ClF2N. The Morgan fingerprint density at radius 2 is 2.00 bits per heavy atom. The first-order chi connectivity index (χ1) is 5.65. The summed E-state index contributed by atoms with van der Waals surface area (Å²) in [5.74, 6) is -1.36. The molecule has 1 aromatic carbocycles. The molecule has 0 spiro atoms. The van der Waals surface area contributed by atoms with Gasteiger partial charge in [-0.3, -0.25) is 0 Å². The van der Waals surface area contributed by atoms with Crippen LogP contribution < -0.4 is 5.73 Å². The van der Waals surface area contributed by atoms with Crippen molar-refractivity contribution in [3.63, 3.8) is 0 Å². The van der Waals surface area contributed by atoms with Gasteiger partial charge in [-0.2, -0.15) is 0 Å². The second kappa shape index (κ2) is 3.83. The third-order valence-corrected chi connectivity index (χ3v) is 1.91. The summed E-state index contributed by atoms with van der Waals surface area (Å²) in [7, 11) is 0. The van der Waals surface area contributed by atoms with Gasteiger partial charge < -0.3 is 5.73 Å². The van der Waals surface area contributed by atoms with Gasteiger partial charge in [0, 0.05) is 6.07 Å². The zero-order chi connectivity index (χ0) is 9.14. The standard InChI is InChI=1S/C8H8ClF2N/c9-8-5(1-2-12)3-6(10)4-7(8)11/h3-4H,1-2,12H2. The summed E-state index contributed by atoms with van der Waals surface area (Å²) < 4.78 is 25.3. The van der Waals surface area contributed by atoms with E-state index in [-0.39, 0.29) is 5.02 Å². The maximum Gasteiger partial charge on any atom is 0.144 e. The van der Waals surface area contributed by atoms with Crippen LogP contribution in [0, 0.1) is 11.6 Å². The van der Waals surface area contributed by atoms with E-state index in [0.29, 0.717) is 18.5 Å². The maximum absolute atomic E-state index is 12.8. The molecule has 0 bridgehead atoms. The Labute approximate surface area is 74.1 Å². The lowest BCUT2D eigenvalue weighted by atomic mass is 10.1. The molecule has 0 amide bonds. The van der Waals surface area contributed by atoms with Crippen LogP contribution in [0.3, 0.4) is 0 Å². The van der Waals surface area contributed by atoms with Gasteiger partial charge in [-0.15, -0.1) is 0 Å². The van der Waals surface area contributed by atoms with Crippen LogP contribution >= 0.6 is 11.6 Å². The van der Waals surface area contributed by atoms with E-state index in [1.807, 2.05) is 0 Å². The smallest absolute Gasteiger partial charge is 0.144 e. The molecule has 0 saturated carbocycles. The van der Waals surface area contributed by atoms with Crippen LogP contribution in [-0.2, 0) is 6.42 Å². The van der Waals surface area contributed by atoms with Crippen LogP contribution in [0.5, 0.6) is 0 Å². The third kappa shape index (κ3) is 1.93. The van der Waals surface area contributed by atoms with Crippen molar-refractivity contribution in [3.05, 3.63) is 34.4 Å². The van der Waals surface area contributed by atoms with Crippen LogP contribution in [0.25, 0.3) is 0 Å². The van der Waals surface area contributed by atoms with Crippen molar-refractivity contribution in [1.29, 1.82) is 0 Å². The summed E-state index contributed by atoms with van der Waals surface area (Å²) in [5.41, 5.74) is 5.64. The average molecular weight is 192 g/mol. The Kier molecular flexibility index (Phi) is 3.00. The van der Waals surface area contributed by atoms with Crippen LogP contribution in [0.4, 0.5) is 8.78 Å². The summed E-state index contributed by atoms with van der Waals surface area (Å²) in [6, 6.07) is 1.95. The summed E-state index contributed by atoms with van der Waals surface area (Å²) in [6.07, 6.45) is 0.382. The van der Waals surface area contributed by atoms with Gasteiger partial charge >= 0.3 is 0 Å². The molecule has 0 heterocycles. The van der Waals surface area contributed by atoms with Gasteiger partial charge in [-0.1, -0.05) is 11.6 Å². The molecule has 1 aromatic rings. The van der Waals surface area contributed by atoms with E-state index in [4.69, 9.17) is 17.3 Å². The summed E-state index contributed by atoms with van der Waals surface area (Å²) in [4.78, 5) is 0. The number of rotatable bonds is 2. The first-order valence-electron chi connectivity index (χ1n) is 3.48. The predicted molar refractivity (Wildman–Crippen MR) is 44.1 cm³/mol. The summed E-state index contributed by atoms with van der Waals surface area (Å²) in [5, 5.41) is -0.0400. The van der Waals surface area contributed by atoms with Gasteiger partial charge in [0.05, 0.1) is 5.02 Å². The van der Waals surface area contributed by atoms with Crippen LogP contribution in [-0.4, -0.2) is 6.54 Å². The molecule has 0 aliphatic rings. The Bertz CT molecular complexity index is 289. The summed E-state index contributed by atoms with van der Waals surface area (Å²) >= 11 is 5.55. The Morgan fingerprint density at radius 3 is 2.58 bits per heavy atom. The molecule has 1 nitrogen and oxygen atoms in total. The van der Waals surface area contributed by atoms with Crippen molar-refractivity contribution in [2.75, 3.05) is 6.54 Å². The molecule has 0 aliphatic carbocycles. The normalized spacial score (nSPS) is 10.3. The lowest BCUT2D eigenvalue weighted by Crippen LogP contribution is -2.04. The fourth-order valence-electron chi connectivity index (χ4n) is 0.947. The highest BCUT2D eigenvalue weighted by atomic mass is 35.5. The molecule has 12 heavy (non-hydrogen) atoms. The van der Waals surface area contributed by atoms with E-state index in [9.17, 15) is 8.78 Å². The molecule has 0 atom stereocenters. The lowest BCUT2D eigenvalue weighted by Gasteiger charge is -2.02. The second-order valence-corrected chi connectivity index (χ2v) is 2.78. The third-order valence-electron chi connectivity index (χ3n) is 1.48. The number of benzene rings is 1. The van der Waals surface area contributed by atoms with Gasteiger partial charge in [0.1, 0.15) is 11.6 Å². The molecule has 0 aliphatic heterocycles. The molecule has 4 heteroatoms. The number of hydrogen-bond donors (Lipinski definition) is 1. The van der Waals surface area contributed by atoms with Crippen molar-refractivity contribution in [3.8, 4) is 0 Å². The van der Waals surface area contributed by atoms with Crippen molar-refractivity contribution in [1.82, 2.24) is 0 Å². The van der Waals surface area contributed by atoms with E-state index in [1.54, 1.807) is 0 Å². The topological polar surface area (TPSA) is 26.0 Å². The van der Waals surface area contributed by atoms with E-state index >= 15 is 0 Å². The van der Waals surface area contributed by atoms with Gasteiger partial charge in [0.2, 0.25) is 0 Å². The number of hydrogen-bond acceptors (Lipinski definition) is 1. The summed E-state index contributed by atoms with van der Waals surface area (Å²) in [6.45, 7) is 0.322. The first-order valence-corrected chi connectivity index (χ1v) is 3.86. The number of nitrogens with two attached hydrogens (primary N) is 1. The van der Waals surface area contributed by atoms with Gasteiger partial charge in [0.25, 0.3) is 0 Å². The van der Waals surface area contributed by atoms with Crippen molar-refractivity contribution in [2.24, 2.45) is 5.73 Å². The van der Waals surface area contributed by atoms with Crippen molar-refractivity contribution in [2.45, 2.75) is 6.42 Å². The lowest BCUT2D eigenvalue weighted by molar-refractivity contribution is 0.580. The predicted octanol–water partition coefficient (Wildman–Crippen LogP) is 2.12. The highest BCUT2D eigenvalue weighted by Crippen LogP contribution is 2.21. The first kappa shape index (κ1) is 9.42. The minimum Gasteiger partial charge on any atom is -0.330 e. The van der Waals surface area contributed by atoms with E-state index in [2.05, 4.69) is 0 Å².